The van der Waals surface area contributed by atoms with Gasteiger partial charge in [0.1, 0.15) is 0 Å². The molecule has 1 amide bonds. The second-order valence-corrected chi connectivity index (χ2v) is 8.52. The van der Waals surface area contributed by atoms with Crippen LogP contribution in [0.1, 0.15) is 48.2 Å². The average molecular weight is 419 g/mol. The lowest BCUT2D eigenvalue weighted by Crippen LogP contribution is -2.30. The topological polar surface area (TPSA) is 116 Å². The second-order valence-electron chi connectivity index (χ2n) is 6.83. The Balaban J connectivity index is 2.22. The molecule has 29 heavy (non-hydrogen) atoms. The fraction of sp³-hybridized carbons (Fsp3) is 0.333. The van der Waals surface area contributed by atoms with Gasteiger partial charge in [0, 0.05) is 5.69 Å². The van der Waals surface area contributed by atoms with Crippen molar-refractivity contribution in [3.63, 3.8) is 0 Å². The average Bonchev–Trinajstić information content (AvgIpc) is 2.67. The number of benzene rings is 2. The van der Waals surface area contributed by atoms with Crippen LogP contribution in [0.25, 0.3) is 0 Å². The third-order valence-electron chi connectivity index (χ3n) is 4.45. The van der Waals surface area contributed by atoms with E-state index in [-0.39, 0.29) is 10.5 Å². The van der Waals surface area contributed by atoms with E-state index in [1.54, 1.807) is 19.1 Å². The summed E-state index contributed by atoms with van der Waals surface area (Å²) in [5.41, 5.74) is 7.24. The summed E-state index contributed by atoms with van der Waals surface area (Å²) in [7, 11) is -3.91. The van der Waals surface area contributed by atoms with Gasteiger partial charge in [-0.2, -0.15) is 0 Å². The molecule has 0 fully saturated rings. The van der Waals surface area contributed by atoms with E-state index in [2.05, 4.69) is 11.6 Å². The van der Waals surface area contributed by atoms with Crippen molar-refractivity contribution < 1.29 is 22.7 Å². The van der Waals surface area contributed by atoms with Gasteiger partial charge in [-0.15, -0.1) is 0 Å². The molecule has 2 aromatic rings. The number of carbonyl (C=O) groups excluding carboxylic acids is 2. The van der Waals surface area contributed by atoms with E-state index in [1.807, 2.05) is 12.1 Å². The molecule has 0 saturated carbocycles. The number of ether oxygens (including phenoxy) is 1. The van der Waals surface area contributed by atoms with E-state index < -0.39 is 28.0 Å². The Labute approximate surface area is 171 Å². The molecule has 7 nitrogen and oxygen atoms in total. The number of nitrogens with one attached hydrogen (secondary N) is 1. The first kappa shape index (κ1) is 22.4. The van der Waals surface area contributed by atoms with Crippen LogP contribution in [0.5, 0.6) is 0 Å². The van der Waals surface area contributed by atoms with Crippen LogP contribution >= 0.6 is 0 Å². The normalized spacial score (nSPS) is 12.2. The van der Waals surface area contributed by atoms with Gasteiger partial charge >= 0.3 is 5.97 Å². The molecule has 8 heteroatoms. The molecule has 0 heterocycles. The van der Waals surface area contributed by atoms with Crippen molar-refractivity contribution in [2.24, 2.45) is 5.73 Å². The summed E-state index contributed by atoms with van der Waals surface area (Å²) in [6.07, 6.45) is 1.98. The fourth-order valence-electron chi connectivity index (χ4n) is 2.60. The van der Waals surface area contributed by atoms with Gasteiger partial charge in [-0.3, -0.25) is 9.52 Å². The van der Waals surface area contributed by atoms with Crippen molar-refractivity contribution >= 4 is 27.6 Å². The lowest BCUT2D eigenvalue weighted by Gasteiger charge is -2.13. The Bertz CT molecular complexity index is 985. The zero-order valence-corrected chi connectivity index (χ0v) is 17.6. The van der Waals surface area contributed by atoms with Gasteiger partial charge in [0.25, 0.3) is 15.9 Å². The Morgan fingerprint density at radius 3 is 2.38 bits per heavy atom. The molecular weight excluding hydrogens is 392 g/mol. The highest BCUT2D eigenvalue weighted by atomic mass is 32.2. The van der Waals surface area contributed by atoms with E-state index >= 15 is 0 Å². The predicted octanol–water partition coefficient (Wildman–Crippen LogP) is 3.17. The Kier molecular flexibility index (Phi) is 7.39. The van der Waals surface area contributed by atoms with Crippen LogP contribution in [0, 0.1) is 6.92 Å². The van der Waals surface area contributed by atoms with Crippen LogP contribution in [-0.4, -0.2) is 26.4 Å². The van der Waals surface area contributed by atoms with Crippen molar-refractivity contribution in [1.82, 2.24) is 0 Å². The van der Waals surface area contributed by atoms with E-state index in [0.29, 0.717) is 11.3 Å². The number of amides is 1. The standard InChI is InChI=1S/C21H26N2O5S/c1-4-5-6-16-8-10-17(11-9-16)23-29(26,27)18-12-7-14(2)19(13-18)21(25)28-15(3)20(22)24/h7-13,15,23H,4-6H2,1-3H3,(H2,22,24)/t15-/m0/s1. The third-order valence-corrected chi connectivity index (χ3v) is 5.83. The smallest absolute Gasteiger partial charge is 0.339 e. The van der Waals surface area contributed by atoms with Crippen molar-refractivity contribution in [1.29, 1.82) is 0 Å². The van der Waals surface area contributed by atoms with Gasteiger partial charge in [0.05, 0.1) is 10.5 Å². The summed E-state index contributed by atoms with van der Waals surface area (Å²) in [5.74, 6) is -1.60. The summed E-state index contributed by atoms with van der Waals surface area (Å²) in [5, 5.41) is 0. The largest absolute Gasteiger partial charge is 0.449 e. The minimum absolute atomic E-state index is 0.0517. The molecule has 0 aliphatic carbocycles. The van der Waals surface area contributed by atoms with Crippen molar-refractivity contribution in [2.45, 2.75) is 51.0 Å². The zero-order valence-electron chi connectivity index (χ0n) is 16.8. The molecule has 0 radical (unpaired) electrons. The van der Waals surface area contributed by atoms with Crippen LogP contribution in [0.4, 0.5) is 5.69 Å². The van der Waals surface area contributed by atoms with Gasteiger partial charge in [-0.05, 0) is 62.1 Å². The number of nitrogens with two attached hydrogens (primary N) is 1. The van der Waals surface area contributed by atoms with E-state index in [1.165, 1.54) is 25.1 Å². The number of anilines is 1. The molecular formula is C21H26N2O5S. The Morgan fingerprint density at radius 2 is 1.79 bits per heavy atom. The van der Waals surface area contributed by atoms with Gasteiger partial charge in [-0.25, -0.2) is 13.2 Å². The first-order valence-corrected chi connectivity index (χ1v) is 10.8. The number of sulfonamides is 1. The monoisotopic (exact) mass is 418 g/mol. The van der Waals surface area contributed by atoms with E-state index in [4.69, 9.17) is 10.5 Å². The molecule has 156 valence electrons. The van der Waals surface area contributed by atoms with Gasteiger partial charge in [-0.1, -0.05) is 31.5 Å². The number of aryl methyl sites for hydroxylation is 2. The summed E-state index contributed by atoms with van der Waals surface area (Å²) < 4.78 is 33.0. The lowest BCUT2D eigenvalue weighted by atomic mass is 10.1. The summed E-state index contributed by atoms with van der Waals surface area (Å²) in [6, 6.07) is 11.3. The highest BCUT2D eigenvalue weighted by Gasteiger charge is 2.21. The second kappa shape index (κ2) is 9.56. The third kappa shape index (κ3) is 6.05. The Hall–Kier alpha value is -2.87. The maximum atomic E-state index is 12.7. The molecule has 1 atom stereocenters. The number of rotatable bonds is 9. The van der Waals surface area contributed by atoms with Crippen LogP contribution in [0.15, 0.2) is 47.4 Å². The van der Waals surface area contributed by atoms with Gasteiger partial charge in [0.2, 0.25) is 0 Å². The number of unbranched alkanes of at least 4 members (excludes halogenated alkanes) is 1. The quantitative estimate of drug-likeness (QED) is 0.607. The molecule has 0 unspecified atom stereocenters. The molecule has 3 N–H and O–H groups in total. The van der Waals surface area contributed by atoms with E-state index in [0.717, 1.165) is 24.8 Å². The number of esters is 1. The predicted molar refractivity (Wildman–Crippen MR) is 111 cm³/mol. The first-order chi connectivity index (χ1) is 13.6. The summed E-state index contributed by atoms with van der Waals surface area (Å²) >= 11 is 0. The van der Waals surface area contributed by atoms with Crippen molar-refractivity contribution in [3.05, 3.63) is 59.2 Å². The minimum atomic E-state index is -3.91. The maximum absolute atomic E-state index is 12.7. The molecule has 0 aromatic heterocycles. The van der Waals surface area contributed by atoms with Crippen LogP contribution in [0.3, 0.4) is 0 Å². The van der Waals surface area contributed by atoms with E-state index in [9.17, 15) is 18.0 Å². The minimum Gasteiger partial charge on any atom is -0.449 e. The summed E-state index contributed by atoms with van der Waals surface area (Å²) in [6.45, 7) is 5.11. The molecule has 0 aliphatic rings. The van der Waals surface area contributed by atoms with Gasteiger partial charge in [0.15, 0.2) is 6.10 Å². The molecule has 2 rings (SSSR count). The molecule has 2 aromatic carbocycles. The fourth-order valence-corrected chi connectivity index (χ4v) is 3.69. The number of hydrogen-bond acceptors (Lipinski definition) is 5. The van der Waals surface area contributed by atoms with Crippen molar-refractivity contribution in [3.8, 4) is 0 Å². The highest BCUT2D eigenvalue weighted by molar-refractivity contribution is 7.92. The van der Waals surface area contributed by atoms with Crippen LogP contribution in [0.2, 0.25) is 0 Å². The van der Waals surface area contributed by atoms with Gasteiger partial charge < -0.3 is 10.5 Å². The number of hydrogen-bond donors (Lipinski definition) is 2. The highest BCUT2D eigenvalue weighted by Crippen LogP contribution is 2.21. The zero-order chi connectivity index (χ0) is 21.6. The summed E-state index contributed by atoms with van der Waals surface area (Å²) in [4.78, 5) is 23.3. The van der Waals surface area contributed by atoms with Crippen molar-refractivity contribution in [2.75, 3.05) is 4.72 Å². The van der Waals surface area contributed by atoms with Crippen LogP contribution in [-0.2, 0) is 26.0 Å². The molecule has 0 bridgehead atoms. The SMILES string of the molecule is CCCCc1ccc(NS(=O)(=O)c2ccc(C)c(C(=O)O[C@@H](C)C(N)=O)c2)cc1. The lowest BCUT2D eigenvalue weighted by molar-refractivity contribution is -0.125. The van der Waals surface area contributed by atoms with Crippen LogP contribution < -0.4 is 10.5 Å². The number of primary amides is 1. The number of carbonyl (C=O) groups is 2. The first-order valence-electron chi connectivity index (χ1n) is 9.36. The molecule has 0 spiro atoms. The molecule has 0 aliphatic heterocycles. The Morgan fingerprint density at radius 1 is 1.14 bits per heavy atom. The molecule has 0 saturated heterocycles. The maximum Gasteiger partial charge on any atom is 0.339 e.